The second kappa shape index (κ2) is 6.02. The molecule has 2 rings (SSSR count). The predicted molar refractivity (Wildman–Crippen MR) is 81.4 cm³/mol. The monoisotopic (exact) mass is 316 g/mol. The summed E-state index contributed by atoms with van der Waals surface area (Å²) >= 11 is 5.86. The average molecular weight is 317 g/mol. The Morgan fingerprint density at radius 1 is 1.30 bits per heavy atom. The quantitative estimate of drug-likeness (QED) is 0.798. The zero-order chi connectivity index (χ0) is 14.9. The Morgan fingerprint density at radius 3 is 2.50 bits per heavy atom. The van der Waals surface area contributed by atoms with Crippen LogP contribution in [-0.2, 0) is 15.9 Å². The number of hydrogen-bond donors (Lipinski definition) is 0. The molecule has 1 aliphatic rings. The average Bonchev–Trinajstić information content (AvgIpc) is 2.81. The summed E-state index contributed by atoms with van der Waals surface area (Å²) in [6, 6.07) is 7.22. The number of likely N-dealkylation sites (N-methyl/N-ethyl adjacent to an activating group) is 1. The molecule has 0 bridgehead atoms. The van der Waals surface area contributed by atoms with Gasteiger partial charge in [-0.3, -0.25) is 0 Å². The van der Waals surface area contributed by atoms with Crippen LogP contribution in [0.4, 0.5) is 0 Å². The van der Waals surface area contributed by atoms with E-state index in [0.717, 1.165) is 0 Å². The lowest BCUT2D eigenvalue weighted by molar-refractivity contribution is 0.263. The predicted octanol–water partition coefficient (Wildman–Crippen LogP) is 2.00. The second-order valence-corrected chi connectivity index (χ2v) is 7.75. The summed E-state index contributed by atoms with van der Waals surface area (Å²) in [5, 5.41) is 0. The smallest absolute Gasteiger partial charge is 0.243 e. The highest BCUT2D eigenvalue weighted by Crippen LogP contribution is 2.28. The normalized spacial score (nSPS) is 24.4. The van der Waals surface area contributed by atoms with Crippen molar-refractivity contribution in [3.63, 3.8) is 0 Å². The molecule has 0 radical (unpaired) electrons. The van der Waals surface area contributed by atoms with Crippen molar-refractivity contribution in [3.05, 3.63) is 29.8 Å². The summed E-state index contributed by atoms with van der Waals surface area (Å²) in [7, 11) is 0.522. The molecule has 1 aromatic carbocycles. The molecule has 1 saturated heterocycles. The first-order valence-corrected chi connectivity index (χ1v) is 8.66. The van der Waals surface area contributed by atoms with Crippen molar-refractivity contribution in [2.45, 2.75) is 23.7 Å². The van der Waals surface area contributed by atoms with Crippen LogP contribution in [-0.4, -0.2) is 50.8 Å². The molecule has 2 atom stereocenters. The van der Waals surface area contributed by atoms with Gasteiger partial charge in [0.15, 0.2) is 0 Å². The van der Waals surface area contributed by atoms with E-state index in [2.05, 4.69) is 11.8 Å². The molecule has 0 aliphatic carbocycles. The van der Waals surface area contributed by atoms with Crippen molar-refractivity contribution >= 4 is 21.6 Å². The van der Waals surface area contributed by atoms with Gasteiger partial charge in [-0.15, -0.1) is 11.6 Å². The van der Waals surface area contributed by atoms with E-state index in [1.807, 2.05) is 20.2 Å². The highest BCUT2D eigenvalue weighted by atomic mass is 35.5. The molecule has 1 aliphatic heterocycles. The first kappa shape index (κ1) is 15.8. The maximum atomic E-state index is 12.8. The lowest BCUT2D eigenvalue weighted by atomic mass is 10.1. The van der Waals surface area contributed by atoms with Crippen LogP contribution in [0, 0.1) is 5.92 Å². The lowest BCUT2D eigenvalue weighted by Crippen LogP contribution is -2.36. The molecule has 1 aromatic rings. The lowest BCUT2D eigenvalue weighted by Gasteiger charge is -2.22. The van der Waals surface area contributed by atoms with Gasteiger partial charge in [0.1, 0.15) is 0 Å². The van der Waals surface area contributed by atoms with Crippen LogP contribution in [0.1, 0.15) is 12.5 Å². The first-order chi connectivity index (χ1) is 9.37. The third-order valence-corrected chi connectivity index (χ3v) is 6.16. The molecule has 1 heterocycles. The summed E-state index contributed by atoms with van der Waals surface area (Å²) in [5.41, 5.74) is 0.662. The van der Waals surface area contributed by atoms with E-state index in [0.29, 0.717) is 29.5 Å². The van der Waals surface area contributed by atoms with Gasteiger partial charge in [0, 0.05) is 25.0 Å². The van der Waals surface area contributed by atoms with Gasteiger partial charge in [0.05, 0.1) is 4.90 Å². The summed E-state index contributed by atoms with van der Waals surface area (Å²) in [4.78, 5) is 2.43. The number of sulfonamides is 1. The van der Waals surface area contributed by atoms with E-state index in [1.54, 1.807) is 22.5 Å². The maximum absolute atomic E-state index is 12.8. The summed E-state index contributed by atoms with van der Waals surface area (Å²) in [5.74, 6) is 0.526. The summed E-state index contributed by atoms with van der Waals surface area (Å²) in [6.45, 7) is 3.18. The van der Waals surface area contributed by atoms with E-state index in [4.69, 9.17) is 11.6 Å². The zero-order valence-corrected chi connectivity index (χ0v) is 13.7. The number of nitrogens with zero attached hydrogens (tertiary/aromatic N) is 2. The second-order valence-electron chi connectivity index (χ2n) is 5.57. The fraction of sp³-hybridized carbons (Fsp3) is 0.571. The molecule has 0 aromatic heterocycles. The van der Waals surface area contributed by atoms with Crippen molar-refractivity contribution in [1.29, 1.82) is 0 Å². The van der Waals surface area contributed by atoms with Crippen molar-refractivity contribution < 1.29 is 8.42 Å². The number of benzene rings is 1. The fourth-order valence-corrected chi connectivity index (χ4v) is 4.87. The van der Waals surface area contributed by atoms with E-state index in [9.17, 15) is 8.42 Å². The van der Waals surface area contributed by atoms with Gasteiger partial charge < -0.3 is 4.90 Å². The number of hydrogen-bond acceptors (Lipinski definition) is 3. The minimum atomic E-state index is -3.46. The molecule has 0 N–H and O–H groups in total. The third-order valence-electron chi connectivity index (χ3n) is 3.94. The molecule has 0 spiro atoms. The Morgan fingerprint density at radius 2 is 1.95 bits per heavy atom. The van der Waals surface area contributed by atoms with Gasteiger partial charge in [0.25, 0.3) is 0 Å². The Balaban J connectivity index is 2.33. The molecule has 4 nitrogen and oxygen atoms in total. The maximum Gasteiger partial charge on any atom is 0.243 e. The SMILES string of the molecule is CC1CN(S(=O)(=O)c2ccccc2CCl)CC1N(C)C. The van der Waals surface area contributed by atoms with Gasteiger partial charge >= 0.3 is 0 Å². The van der Waals surface area contributed by atoms with Gasteiger partial charge in [0.2, 0.25) is 10.0 Å². The zero-order valence-electron chi connectivity index (χ0n) is 12.1. The Kier molecular flexibility index (Phi) is 4.74. The van der Waals surface area contributed by atoms with Crippen LogP contribution < -0.4 is 0 Å². The van der Waals surface area contributed by atoms with E-state index in [-0.39, 0.29) is 11.9 Å². The van der Waals surface area contributed by atoms with Crippen molar-refractivity contribution in [1.82, 2.24) is 9.21 Å². The van der Waals surface area contributed by atoms with E-state index < -0.39 is 10.0 Å². The number of rotatable bonds is 4. The van der Waals surface area contributed by atoms with Crippen molar-refractivity contribution in [2.75, 3.05) is 27.2 Å². The van der Waals surface area contributed by atoms with Crippen LogP contribution in [0.2, 0.25) is 0 Å². The molecule has 0 saturated carbocycles. The Bertz CT molecular complexity index is 574. The van der Waals surface area contributed by atoms with Gasteiger partial charge in [-0.25, -0.2) is 8.42 Å². The minimum Gasteiger partial charge on any atom is -0.305 e. The number of halogens is 1. The van der Waals surface area contributed by atoms with Crippen molar-refractivity contribution in [2.24, 2.45) is 5.92 Å². The number of alkyl halides is 1. The van der Waals surface area contributed by atoms with Crippen molar-refractivity contribution in [3.8, 4) is 0 Å². The van der Waals surface area contributed by atoms with Crippen LogP contribution in [0.25, 0.3) is 0 Å². The highest BCUT2D eigenvalue weighted by Gasteiger charge is 2.38. The third kappa shape index (κ3) is 2.86. The standard InChI is InChI=1S/C14H21ClN2O2S/c1-11-9-17(10-13(11)16(2)3)20(18,19)14-7-5-4-6-12(14)8-15/h4-7,11,13H,8-10H2,1-3H3. The first-order valence-electron chi connectivity index (χ1n) is 6.68. The molecule has 112 valence electrons. The van der Waals surface area contributed by atoms with E-state index >= 15 is 0 Å². The summed E-state index contributed by atoms with van der Waals surface area (Å²) in [6.07, 6.45) is 0. The van der Waals surface area contributed by atoms with Gasteiger partial charge in [-0.05, 0) is 31.6 Å². The van der Waals surface area contributed by atoms with Crippen LogP contribution >= 0.6 is 11.6 Å². The largest absolute Gasteiger partial charge is 0.305 e. The topological polar surface area (TPSA) is 40.6 Å². The van der Waals surface area contributed by atoms with Crippen LogP contribution in [0.15, 0.2) is 29.2 Å². The highest BCUT2D eigenvalue weighted by molar-refractivity contribution is 7.89. The molecule has 1 fully saturated rings. The van der Waals surface area contributed by atoms with Gasteiger partial charge in [-0.1, -0.05) is 25.1 Å². The van der Waals surface area contributed by atoms with Gasteiger partial charge in [-0.2, -0.15) is 4.31 Å². The van der Waals surface area contributed by atoms with Crippen LogP contribution in [0.5, 0.6) is 0 Å². The molecule has 6 heteroatoms. The Labute approximate surface area is 126 Å². The molecular formula is C14H21ClN2O2S. The minimum absolute atomic E-state index is 0.204. The van der Waals surface area contributed by atoms with E-state index in [1.165, 1.54) is 0 Å². The molecule has 0 amide bonds. The molecular weight excluding hydrogens is 296 g/mol. The molecule has 2 unspecified atom stereocenters. The fourth-order valence-electron chi connectivity index (χ4n) is 2.78. The Hall–Kier alpha value is -0.620. The summed E-state index contributed by atoms with van der Waals surface area (Å²) < 4.78 is 27.1. The molecule has 20 heavy (non-hydrogen) atoms. The van der Waals surface area contributed by atoms with Crippen LogP contribution in [0.3, 0.4) is 0 Å².